The van der Waals surface area contributed by atoms with Crippen molar-refractivity contribution in [3.8, 4) is 0 Å². The van der Waals surface area contributed by atoms with Crippen molar-refractivity contribution in [3.05, 3.63) is 41.5 Å². The van der Waals surface area contributed by atoms with Crippen LogP contribution in [0.1, 0.15) is 39.2 Å². The predicted octanol–water partition coefficient (Wildman–Crippen LogP) is 4.53. The van der Waals surface area contributed by atoms with Gasteiger partial charge in [-0.1, -0.05) is 62.8 Å². The number of benzene rings is 1. The fourth-order valence-corrected chi connectivity index (χ4v) is 2.38. The number of hydrogen-bond donors (Lipinski definition) is 0. The molecule has 0 heterocycles. The summed E-state index contributed by atoms with van der Waals surface area (Å²) in [5.74, 6) is 0.812. The van der Waals surface area contributed by atoms with E-state index in [9.17, 15) is 0 Å². The van der Waals surface area contributed by atoms with Gasteiger partial charge in [-0.15, -0.1) is 0 Å². The van der Waals surface area contributed by atoms with E-state index in [-0.39, 0.29) is 0 Å². The van der Waals surface area contributed by atoms with E-state index in [2.05, 4.69) is 57.2 Å². The van der Waals surface area contributed by atoms with Crippen LogP contribution in [0.15, 0.2) is 35.9 Å². The van der Waals surface area contributed by atoms with E-state index < -0.39 is 0 Å². The van der Waals surface area contributed by atoms with Crippen molar-refractivity contribution in [1.82, 2.24) is 0 Å². The fraction of sp³-hybridized carbons (Fsp3) is 0.467. The van der Waals surface area contributed by atoms with Crippen molar-refractivity contribution >= 4 is 6.08 Å². The van der Waals surface area contributed by atoms with Crippen molar-refractivity contribution in [2.24, 2.45) is 11.3 Å². The monoisotopic (exact) mass is 200 g/mol. The SMILES string of the molecule is CC1CC/C(=C\c2ccccc2)C1(C)C. The lowest BCUT2D eigenvalue weighted by atomic mass is 9.79. The summed E-state index contributed by atoms with van der Waals surface area (Å²) in [5.41, 5.74) is 3.34. The molecule has 80 valence electrons. The molecule has 0 bridgehead atoms. The summed E-state index contributed by atoms with van der Waals surface area (Å²) >= 11 is 0. The minimum Gasteiger partial charge on any atom is -0.0637 e. The zero-order chi connectivity index (χ0) is 10.9. The van der Waals surface area contributed by atoms with Gasteiger partial charge in [-0.3, -0.25) is 0 Å². The van der Waals surface area contributed by atoms with Crippen LogP contribution >= 0.6 is 0 Å². The Labute approximate surface area is 93.0 Å². The molecule has 15 heavy (non-hydrogen) atoms. The lowest BCUT2D eigenvalue weighted by Crippen LogP contribution is -2.16. The Bertz CT molecular complexity index is 357. The second kappa shape index (κ2) is 3.84. The maximum absolute atomic E-state index is 2.38. The maximum atomic E-state index is 2.38. The van der Waals surface area contributed by atoms with Gasteiger partial charge >= 0.3 is 0 Å². The summed E-state index contributed by atoms with van der Waals surface area (Å²) in [6.07, 6.45) is 4.98. The number of rotatable bonds is 1. The highest BCUT2D eigenvalue weighted by Crippen LogP contribution is 2.47. The molecule has 1 unspecified atom stereocenters. The van der Waals surface area contributed by atoms with Gasteiger partial charge in [0.15, 0.2) is 0 Å². The van der Waals surface area contributed by atoms with E-state index in [0.29, 0.717) is 5.41 Å². The Morgan fingerprint density at radius 3 is 2.40 bits per heavy atom. The van der Waals surface area contributed by atoms with Crippen molar-refractivity contribution in [3.63, 3.8) is 0 Å². The largest absolute Gasteiger partial charge is 0.0637 e. The zero-order valence-electron chi connectivity index (χ0n) is 9.96. The minimum atomic E-state index is 0.385. The highest BCUT2D eigenvalue weighted by atomic mass is 14.4. The molecule has 0 aliphatic heterocycles. The summed E-state index contributed by atoms with van der Waals surface area (Å²) < 4.78 is 0. The number of hydrogen-bond acceptors (Lipinski definition) is 0. The van der Waals surface area contributed by atoms with Crippen LogP contribution in [0.5, 0.6) is 0 Å². The van der Waals surface area contributed by atoms with Gasteiger partial charge in [-0.2, -0.15) is 0 Å². The van der Waals surface area contributed by atoms with E-state index in [1.807, 2.05) is 0 Å². The molecule has 1 aliphatic carbocycles. The third-order valence-corrected chi connectivity index (χ3v) is 4.05. The Kier molecular flexibility index (Phi) is 2.68. The van der Waals surface area contributed by atoms with E-state index >= 15 is 0 Å². The van der Waals surface area contributed by atoms with Crippen molar-refractivity contribution < 1.29 is 0 Å². The highest BCUT2D eigenvalue weighted by molar-refractivity contribution is 5.55. The molecule has 0 nitrogen and oxygen atoms in total. The molecule has 0 saturated heterocycles. The standard InChI is InChI=1S/C15H20/c1-12-9-10-14(15(12,2)3)11-13-7-5-4-6-8-13/h4-8,11-12H,9-10H2,1-3H3/b14-11+. The lowest BCUT2D eigenvalue weighted by molar-refractivity contribution is 0.333. The van der Waals surface area contributed by atoms with E-state index in [4.69, 9.17) is 0 Å². The van der Waals surface area contributed by atoms with Gasteiger partial charge in [0.1, 0.15) is 0 Å². The zero-order valence-corrected chi connectivity index (χ0v) is 9.96. The predicted molar refractivity (Wildman–Crippen MR) is 66.6 cm³/mol. The molecular weight excluding hydrogens is 180 g/mol. The Morgan fingerprint density at radius 2 is 1.87 bits per heavy atom. The van der Waals surface area contributed by atoms with Crippen molar-refractivity contribution in [1.29, 1.82) is 0 Å². The van der Waals surface area contributed by atoms with Crippen LogP contribution in [0.2, 0.25) is 0 Å². The summed E-state index contributed by atoms with van der Waals surface area (Å²) in [6.45, 7) is 7.12. The van der Waals surface area contributed by atoms with Gasteiger partial charge in [-0.05, 0) is 29.7 Å². The second-order valence-corrected chi connectivity index (χ2v) is 5.24. The normalized spacial score (nSPS) is 27.1. The van der Waals surface area contributed by atoms with Crippen LogP contribution in [0.4, 0.5) is 0 Å². The molecular formula is C15H20. The molecule has 1 atom stereocenters. The third kappa shape index (κ3) is 1.99. The van der Waals surface area contributed by atoms with Crippen LogP contribution in [-0.4, -0.2) is 0 Å². The molecule has 0 radical (unpaired) electrons. The second-order valence-electron chi connectivity index (χ2n) is 5.24. The van der Waals surface area contributed by atoms with Gasteiger partial charge in [0.2, 0.25) is 0 Å². The smallest absolute Gasteiger partial charge is 0.0116 e. The highest BCUT2D eigenvalue weighted by Gasteiger charge is 2.35. The Hall–Kier alpha value is -1.04. The Balaban J connectivity index is 2.29. The van der Waals surface area contributed by atoms with Crippen molar-refractivity contribution in [2.45, 2.75) is 33.6 Å². The fourth-order valence-electron chi connectivity index (χ4n) is 2.38. The maximum Gasteiger partial charge on any atom is -0.0116 e. The molecule has 0 heteroatoms. The first-order valence-electron chi connectivity index (χ1n) is 5.87. The molecule has 1 aromatic carbocycles. The average molecular weight is 200 g/mol. The van der Waals surface area contributed by atoms with Gasteiger partial charge in [0.05, 0.1) is 0 Å². The van der Waals surface area contributed by atoms with Crippen LogP contribution < -0.4 is 0 Å². The molecule has 0 N–H and O–H groups in total. The summed E-state index contributed by atoms with van der Waals surface area (Å²) in [7, 11) is 0. The van der Waals surface area contributed by atoms with E-state index in [1.54, 1.807) is 5.57 Å². The minimum absolute atomic E-state index is 0.385. The van der Waals surface area contributed by atoms with Crippen LogP contribution in [0.25, 0.3) is 6.08 Å². The van der Waals surface area contributed by atoms with Crippen LogP contribution in [0.3, 0.4) is 0 Å². The Morgan fingerprint density at radius 1 is 1.20 bits per heavy atom. The first kappa shape index (κ1) is 10.5. The molecule has 1 aliphatic rings. The van der Waals surface area contributed by atoms with E-state index in [1.165, 1.54) is 18.4 Å². The molecule has 1 saturated carbocycles. The van der Waals surface area contributed by atoms with Crippen molar-refractivity contribution in [2.75, 3.05) is 0 Å². The first-order chi connectivity index (χ1) is 7.10. The van der Waals surface area contributed by atoms with Crippen LogP contribution in [-0.2, 0) is 0 Å². The molecule has 0 spiro atoms. The van der Waals surface area contributed by atoms with Gasteiger partial charge in [0, 0.05) is 0 Å². The average Bonchev–Trinajstić information content (AvgIpc) is 2.47. The topological polar surface area (TPSA) is 0 Å². The molecule has 0 amide bonds. The van der Waals surface area contributed by atoms with Crippen LogP contribution in [0, 0.1) is 11.3 Å². The molecule has 1 aromatic rings. The van der Waals surface area contributed by atoms with Gasteiger partial charge in [-0.25, -0.2) is 0 Å². The number of allylic oxidation sites excluding steroid dienone is 1. The third-order valence-electron chi connectivity index (χ3n) is 4.05. The quantitative estimate of drug-likeness (QED) is 0.625. The van der Waals surface area contributed by atoms with E-state index in [0.717, 1.165) is 5.92 Å². The molecule has 2 rings (SSSR count). The summed E-state index contributed by atoms with van der Waals surface area (Å²) in [4.78, 5) is 0. The lowest BCUT2D eigenvalue weighted by Gasteiger charge is -2.25. The molecule has 0 aromatic heterocycles. The summed E-state index contributed by atoms with van der Waals surface area (Å²) in [5, 5.41) is 0. The van der Waals surface area contributed by atoms with Gasteiger partial charge < -0.3 is 0 Å². The molecule has 1 fully saturated rings. The first-order valence-corrected chi connectivity index (χ1v) is 5.87. The van der Waals surface area contributed by atoms with Gasteiger partial charge in [0.25, 0.3) is 0 Å². The summed E-state index contributed by atoms with van der Waals surface area (Å²) in [6, 6.07) is 10.7.